The number of hydrogen-bond acceptors (Lipinski definition) is 7. The molecule has 2 N–H and O–H groups in total. The molecular formula is C31H35ClN4O4. The fourth-order valence-electron chi connectivity index (χ4n) is 5.04. The van der Waals surface area contributed by atoms with E-state index in [1.165, 1.54) is 0 Å². The van der Waals surface area contributed by atoms with Crippen molar-refractivity contribution in [2.24, 2.45) is 5.73 Å². The second kappa shape index (κ2) is 12.9. The number of rotatable bonds is 11. The largest absolute Gasteiger partial charge is 0.493 e. The SMILES string of the molecule is CCN(CC)CCCn1c(C)cc2c(c1=O)[C@@H](c1ccc(OCc3ccccc3Cl)c(OC)c1)C(C#N)=C(N)O2. The number of nitriles is 1. The predicted molar refractivity (Wildman–Crippen MR) is 156 cm³/mol. The number of nitrogens with two attached hydrogens (primary N) is 1. The molecule has 210 valence electrons. The number of fused-ring (bicyclic) bond motifs is 1. The van der Waals surface area contributed by atoms with Gasteiger partial charge in [-0.15, -0.1) is 0 Å². The minimum atomic E-state index is -0.720. The summed E-state index contributed by atoms with van der Waals surface area (Å²) in [5.74, 6) is 0.590. The van der Waals surface area contributed by atoms with Crippen LogP contribution in [0, 0.1) is 18.3 Å². The lowest BCUT2D eigenvalue weighted by molar-refractivity contribution is 0.284. The van der Waals surface area contributed by atoms with Crippen LogP contribution in [0.3, 0.4) is 0 Å². The highest BCUT2D eigenvalue weighted by Gasteiger charge is 2.35. The van der Waals surface area contributed by atoms with Gasteiger partial charge in [-0.1, -0.05) is 49.7 Å². The molecule has 8 nitrogen and oxygen atoms in total. The Morgan fingerprint density at radius 3 is 2.58 bits per heavy atom. The Morgan fingerprint density at radius 1 is 1.15 bits per heavy atom. The van der Waals surface area contributed by atoms with Crippen molar-refractivity contribution in [1.82, 2.24) is 9.47 Å². The maximum Gasteiger partial charge on any atom is 0.258 e. The zero-order valence-corrected chi connectivity index (χ0v) is 24.1. The number of aromatic nitrogens is 1. The highest BCUT2D eigenvalue weighted by Crippen LogP contribution is 2.43. The summed E-state index contributed by atoms with van der Waals surface area (Å²) in [6, 6.07) is 16.8. The third-order valence-electron chi connectivity index (χ3n) is 7.30. The molecule has 9 heteroatoms. The number of ether oxygens (including phenoxy) is 3. The Morgan fingerprint density at radius 2 is 1.90 bits per heavy atom. The average Bonchev–Trinajstić information content (AvgIpc) is 2.95. The number of benzene rings is 2. The third kappa shape index (κ3) is 5.96. The Bertz CT molecular complexity index is 1500. The molecule has 4 rings (SSSR count). The first-order valence-electron chi connectivity index (χ1n) is 13.4. The lowest BCUT2D eigenvalue weighted by Gasteiger charge is -2.28. The van der Waals surface area contributed by atoms with Gasteiger partial charge in [-0.3, -0.25) is 4.79 Å². The number of methoxy groups -OCH3 is 1. The van der Waals surface area contributed by atoms with E-state index in [9.17, 15) is 10.1 Å². The zero-order valence-electron chi connectivity index (χ0n) is 23.4. The Hall–Kier alpha value is -3.93. The van der Waals surface area contributed by atoms with Crippen LogP contribution in [0.25, 0.3) is 0 Å². The highest BCUT2D eigenvalue weighted by atomic mass is 35.5. The van der Waals surface area contributed by atoms with Crippen LogP contribution >= 0.6 is 11.6 Å². The molecule has 0 amide bonds. The highest BCUT2D eigenvalue weighted by molar-refractivity contribution is 6.31. The van der Waals surface area contributed by atoms with Gasteiger partial charge in [-0.25, -0.2) is 0 Å². The number of pyridine rings is 1. The van der Waals surface area contributed by atoms with Gasteiger partial charge in [-0.05, 0) is 56.7 Å². The maximum atomic E-state index is 13.9. The predicted octanol–water partition coefficient (Wildman–Crippen LogP) is 5.35. The number of nitrogens with zero attached hydrogens (tertiary/aromatic N) is 3. The van der Waals surface area contributed by atoms with Gasteiger partial charge in [0, 0.05) is 28.9 Å². The van der Waals surface area contributed by atoms with Crippen LogP contribution in [0.2, 0.25) is 5.02 Å². The van der Waals surface area contributed by atoms with E-state index >= 15 is 0 Å². The summed E-state index contributed by atoms with van der Waals surface area (Å²) < 4.78 is 19.2. The molecule has 3 aromatic rings. The monoisotopic (exact) mass is 562 g/mol. The van der Waals surface area contributed by atoms with Crippen molar-refractivity contribution in [2.75, 3.05) is 26.7 Å². The van der Waals surface area contributed by atoms with Crippen molar-refractivity contribution in [3.63, 3.8) is 0 Å². The molecule has 2 heterocycles. The molecule has 0 unspecified atom stereocenters. The number of hydrogen-bond donors (Lipinski definition) is 1. The maximum absolute atomic E-state index is 13.9. The van der Waals surface area contributed by atoms with Crippen molar-refractivity contribution in [3.8, 4) is 23.3 Å². The quantitative estimate of drug-likeness (QED) is 0.336. The van der Waals surface area contributed by atoms with Crippen molar-refractivity contribution in [1.29, 1.82) is 5.26 Å². The van der Waals surface area contributed by atoms with Crippen LogP contribution in [0.5, 0.6) is 17.2 Å². The fraction of sp³-hybridized carbons (Fsp3) is 0.355. The summed E-state index contributed by atoms with van der Waals surface area (Å²) in [5.41, 5.74) is 8.84. The van der Waals surface area contributed by atoms with E-state index in [0.29, 0.717) is 39.9 Å². The van der Waals surface area contributed by atoms with Gasteiger partial charge in [0.15, 0.2) is 11.5 Å². The van der Waals surface area contributed by atoms with Gasteiger partial charge in [0.05, 0.1) is 18.6 Å². The summed E-state index contributed by atoms with van der Waals surface area (Å²) in [6.07, 6.45) is 0.821. The summed E-state index contributed by atoms with van der Waals surface area (Å²) in [4.78, 5) is 16.3. The summed E-state index contributed by atoms with van der Waals surface area (Å²) >= 11 is 6.28. The molecule has 0 fully saturated rings. The van der Waals surface area contributed by atoms with E-state index in [1.807, 2.05) is 37.3 Å². The topological polar surface area (TPSA) is 103 Å². The van der Waals surface area contributed by atoms with E-state index in [-0.39, 0.29) is 23.6 Å². The Kier molecular flexibility index (Phi) is 9.41. The van der Waals surface area contributed by atoms with E-state index in [1.54, 1.807) is 29.9 Å². The van der Waals surface area contributed by atoms with Crippen molar-refractivity contribution >= 4 is 11.6 Å². The van der Waals surface area contributed by atoms with E-state index < -0.39 is 5.92 Å². The van der Waals surface area contributed by atoms with Gasteiger partial charge < -0.3 is 29.4 Å². The third-order valence-corrected chi connectivity index (χ3v) is 7.67. The standard InChI is InChI=1S/C31H35ClN4O4/c1-5-35(6-2)14-9-15-36-20(3)16-27-29(31(36)37)28(23(18-33)30(34)40-27)21-12-13-25(26(17-21)38-4)39-19-22-10-7-8-11-24(22)32/h7-8,10-13,16-17,28H,5-6,9,14-15,19,34H2,1-4H3/t28-/m0/s1. The van der Waals surface area contributed by atoms with Gasteiger partial charge in [-0.2, -0.15) is 5.26 Å². The first kappa shape index (κ1) is 29.1. The van der Waals surface area contributed by atoms with Gasteiger partial charge in [0.25, 0.3) is 5.56 Å². The van der Waals surface area contributed by atoms with Gasteiger partial charge in [0.1, 0.15) is 24.0 Å². The molecule has 0 aliphatic carbocycles. The van der Waals surface area contributed by atoms with E-state index in [4.69, 9.17) is 31.5 Å². The molecule has 1 aliphatic heterocycles. The smallest absolute Gasteiger partial charge is 0.258 e. The molecular weight excluding hydrogens is 528 g/mol. The van der Waals surface area contributed by atoms with Crippen molar-refractivity contribution in [2.45, 2.75) is 46.3 Å². The van der Waals surface area contributed by atoms with Crippen LogP contribution in [0.4, 0.5) is 0 Å². The van der Waals surface area contributed by atoms with Gasteiger partial charge in [0.2, 0.25) is 5.88 Å². The molecule has 40 heavy (non-hydrogen) atoms. The lowest BCUT2D eigenvalue weighted by Crippen LogP contribution is -2.33. The fourth-order valence-corrected chi connectivity index (χ4v) is 5.23. The molecule has 1 aromatic heterocycles. The average molecular weight is 563 g/mol. The number of halogens is 1. The van der Waals surface area contributed by atoms with Crippen LogP contribution < -0.4 is 25.5 Å². The Labute approximate surface area is 240 Å². The van der Waals surface area contributed by atoms with Crippen LogP contribution in [0.1, 0.15) is 48.6 Å². The molecule has 2 aromatic carbocycles. The molecule has 1 atom stereocenters. The zero-order chi connectivity index (χ0) is 28.8. The number of aryl methyl sites for hydroxylation is 1. The van der Waals surface area contributed by atoms with Crippen molar-refractivity contribution < 1.29 is 14.2 Å². The normalized spacial score (nSPS) is 14.5. The first-order valence-corrected chi connectivity index (χ1v) is 13.8. The summed E-state index contributed by atoms with van der Waals surface area (Å²) in [5, 5.41) is 10.7. The molecule has 0 bridgehead atoms. The molecule has 1 aliphatic rings. The molecule has 0 spiro atoms. The number of allylic oxidation sites excluding steroid dienone is 1. The molecule has 0 saturated carbocycles. The van der Waals surface area contributed by atoms with Crippen LogP contribution in [-0.4, -0.2) is 36.2 Å². The Balaban J connectivity index is 1.71. The van der Waals surface area contributed by atoms with Crippen LogP contribution in [0.15, 0.2) is 64.8 Å². The second-order valence-electron chi connectivity index (χ2n) is 9.62. The summed E-state index contributed by atoms with van der Waals surface area (Å²) in [6.45, 7) is 9.75. The second-order valence-corrected chi connectivity index (χ2v) is 10.0. The minimum Gasteiger partial charge on any atom is -0.493 e. The van der Waals surface area contributed by atoms with E-state index in [2.05, 4.69) is 24.8 Å². The molecule has 0 saturated heterocycles. The first-order chi connectivity index (χ1) is 19.3. The summed E-state index contributed by atoms with van der Waals surface area (Å²) in [7, 11) is 1.54. The lowest BCUT2D eigenvalue weighted by atomic mass is 9.84. The van der Waals surface area contributed by atoms with Crippen molar-refractivity contribution in [3.05, 3.63) is 97.7 Å². The van der Waals surface area contributed by atoms with Crippen LogP contribution in [-0.2, 0) is 13.2 Å². The molecule has 0 radical (unpaired) electrons. The minimum absolute atomic E-state index is 0.0175. The van der Waals surface area contributed by atoms with E-state index in [0.717, 1.165) is 37.3 Å². The van der Waals surface area contributed by atoms with Gasteiger partial charge >= 0.3 is 0 Å².